The zero-order chi connectivity index (χ0) is 23.2. The maximum Gasteiger partial charge on any atom is -0.0326 e. The molecule has 0 bridgehead atoms. The molecule has 0 rings (SSSR count). The van der Waals surface area contributed by atoms with E-state index in [1.807, 2.05) is 0 Å². The van der Waals surface area contributed by atoms with Crippen LogP contribution in [0.3, 0.4) is 0 Å². The summed E-state index contributed by atoms with van der Waals surface area (Å²) in [5.41, 5.74) is 0. The van der Waals surface area contributed by atoms with Gasteiger partial charge in [-0.05, 0) is 55.5 Å². The number of unbranched alkanes of at least 4 members (excludes halogenated alkanes) is 12. The lowest BCUT2D eigenvalue weighted by Crippen LogP contribution is -1.97. The average Bonchev–Trinajstić information content (AvgIpc) is 2.70. The minimum Gasteiger partial charge on any atom is -0.107 e. The van der Waals surface area contributed by atoms with Gasteiger partial charge in [-0.15, -0.1) is 7.92 Å². The Morgan fingerprint density at radius 3 is 0.806 bits per heavy atom. The van der Waals surface area contributed by atoms with Gasteiger partial charge in [0.05, 0.1) is 0 Å². The second-order valence-electron chi connectivity index (χ2n) is 11.7. The van der Waals surface area contributed by atoms with Gasteiger partial charge in [0.15, 0.2) is 0 Å². The van der Waals surface area contributed by atoms with E-state index in [2.05, 4.69) is 41.5 Å². The van der Waals surface area contributed by atoms with E-state index in [0.717, 1.165) is 17.8 Å². The third-order valence-corrected chi connectivity index (χ3v) is 9.61. The quantitative estimate of drug-likeness (QED) is 0.100. The van der Waals surface area contributed by atoms with Crippen LogP contribution in [0.5, 0.6) is 0 Å². The van der Waals surface area contributed by atoms with E-state index in [4.69, 9.17) is 0 Å². The van der Waals surface area contributed by atoms with Crippen molar-refractivity contribution in [3.63, 3.8) is 0 Å². The van der Waals surface area contributed by atoms with Crippen LogP contribution in [-0.2, 0) is 0 Å². The lowest BCUT2D eigenvalue weighted by atomic mass is 10.0. The first-order chi connectivity index (χ1) is 14.9. The minimum atomic E-state index is 0.335. The Balaban J connectivity index is 3.90. The molecule has 0 aromatic rings. The maximum atomic E-state index is 2.36. The molecule has 0 spiro atoms. The summed E-state index contributed by atoms with van der Waals surface area (Å²) in [7, 11) is 0.335. The molecule has 0 amide bonds. The highest BCUT2D eigenvalue weighted by atomic mass is 31.1. The summed E-state index contributed by atoms with van der Waals surface area (Å²) in [6.45, 7) is 14.2. The molecule has 0 nitrogen and oxygen atoms in total. The smallest absolute Gasteiger partial charge is 0.0326 e. The van der Waals surface area contributed by atoms with Crippen LogP contribution in [0, 0.1) is 17.8 Å². The van der Waals surface area contributed by atoms with Crippen LogP contribution >= 0.6 is 7.92 Å². The predicted molar refractivity (Wildman–Crippen MR) is 149 cm³/mol. The van der Waals surface area contributed by atoms with Gasteiger partial charge in [0.1, 0.15) is 0 Å². The van der Waals surface area contributed by atoms with Crippen LogP contribution in [0.1, 0.15) is 157 Å². The topological polar surface area (TPSA) is 0 Å². The largest absolute Gasteiger partial charge is 0.107 e. The summed E-state index contributed by atoms with van der Waals surface area (Å²) in [5, 5.41) is 0. The van der Waals surface area contributed by atoms with Gasteiger partial charge in [-0.25, -0.2) is 0 Å². The Hall–Kier alpha value is 0.430. The summed E-state index contributed by atoms with van der Waals surface area (Å²) in [4.78, 5) is 0. The van der Waals surface area contributed by atoms with E-state index < -0.39 is 0 Å². The number of hydrogen-bond acceptors (Lipinski definition) is 0. The highest BCUT2D eigenvalue weighted by Gasteiger charge is 2.08. The van der Waals surface area contributed by atoms with Gasteiger partial charge < -0.3 is 0 Å². The van der Waals surface area contributed by atoms with E-state index in [0.29, 0.717) is 7.92 Å². The molecule has 0 atom stereocenters. The highest BCUT2D eigenvalue weighted by Crippen LogP contribution is 2.39. The maximum absolute atomic E-state index is 2.36. The lowest BCUT2D eigenvalue weighted by Gasteiger charge is -2.18. The van der Waals surface area contributed by atoms with Crippen LogP contribution < -0.4 is 0 Å². The Labute approximate surface area is 201 Å². The molecule has 0 saturated carbocycles. The summed E-state index contributed by atoms with van der Waals surface area (Å²) in [5.74, 6) is 2.68. The molecule has 0 aliphatic carbocycles. The van der Waals surface area contributed by atoms with Crippen molar-refractivity contribution >= 4 is 7.92 Å². The number of hydrogen-bond donors (Lipinski definition) is 0. The monoisotopic (exact) mass is 454 g/mol. The highest BCUT2D eigenvalue weighted by molar-refractivity contribution is 7.57. The molecule has 0 N–H and O–H groups in total. The average molecular weight is 455 g/mol. The van der Waals surface area contributed by atoms with Gasteiger partial charge in [0, 0.05) is 0 Å². The van der Waals surface area contributed by atoms with E-state index in [9.17, 15) is 0 Å². The normalized spacial score (nSPS) is 12.2. The molecule has 0 aromatic carbocycles. The molecule has 0 aliphatic heterocycles. The first-order valence-corrected chi connectivity index (χ1v) is 16.5. The van der Waals surface area contributed by atoms with Crippen molar-refractivity contribution in [3.05, 3.63) is 0 Å². The molecule has 31 heavy (non-hydrogen) atoms. The van der Waals surface area contributed by atoms with E-state index in [1.54, 1.807) is 18.5 Å². The van der Waals surface area contributed by atoms with E-state index >= 15 is 0 Å². The van der Waals surface area contributed by atoms with E-state index in [1.165, 1.54) is 116 Å². The van der Waals surface area contributed by atoms with Crippen molar-refractivity contribution in [2.75, 3.05) is 18.5 Å². The van der Waals surface area contributed by atoms with Crippen molar-refractivity contribution in [1.82, 2.24) is 0 Å². The van der Waals surface area contributed by atoms with Crippen molar-refractivity contribution in [1.29, 1.82) is 0 Å². The zero-order valence-corrected chi connectivity index (χ0v) is 23.9. The summed E-state index contributed by atoms with van der Waals surface area (Å²) in [6, 6.07) is 0. The molecule has 0 unspecified atom stereocenters. The Morgan fingerprint density at radius 2 is 0.548 bits per heavy atom. The molecule has 0 heterocycles. The van der Waals surface area contributed by atoms with Crippen LogP contribution in [0.25, 0.3) is 0 Å². The lowest BCUT2D eigenvalue weighted by molar-refractivity contribution is 0.517. The van der Waals surface area contributed by atoms with Crippen molar-refractivity contribution in [3.8, 4) is 0 Å². The summed E-state index contributed by atoms with van der Waals surface area (Å²) >= 11 is 0. The molecule has 0 aliphatic rings. The van der Waals surface area contributed by atoms with Gasteiger partial charge in [0.2, 0.25) is 0 Å². The Morgan fingerprint density at radius 1 is 0.323 bits per heavy atom. The molecular weight excluding hydrogens is 391 g/mol. The Kier molecular flexibility index (Phi) is 23.9. The first kappa shape index (κ1) is 31.4. The van der Waals surface area contributed by atoms with Gasteiger partial charge >= 0.3 is 0 Å². The predicted octanol–water partition coefficient (Wildman–Crippen LogP) is 11.5. The fourth-order valence-corrected chi connectivity index (χ4v) is 7.27. The van der Waals surface area contributed by atoms with Crippen molar-refractivity contribution in [2.45, 2.75) is 157 Å². The van der Waals surface area contributed by atoms with Crippen LogP contribution in [0.4, 0.5) is 0 Å². The van der Waals surface area contributed by atoms with Gasteiger partial charge in [-0.2, -0.15) is 0 Å². The minimum absolute atomic E-state index is 0.335. The fraction of sp³-hybridized carbons (Fsp3) is 1.00. The summed E-state index contributed by atoms with van der Waals surface area (Å²) in [6.07, 6.45) is 31.4. The molecular formula is C30H63P. The number of rotatable bonds is 24. The fourth-order valence-electron chi connectivity index (χ4n) is 4.59. The van der Waals surface area contributed by atoms with E-state index in [-0.39, 0.29) is 0 Å². The molecule has 0 saturated heterocycles. The molecule has 0 fully saturated rings. The van der Waals surface area contributed by atoms with Gasteiger partial charge in [-0.3, -0.25) is 0 Å². The second kappa shape index (κ2) is 23.6. The standard InChI is InChI=1S/C30H63P/c1-28(2)22-16-10-7-13-19-25-31(26-20-14-8-11-17-23-29(3)4)27-21-15-9-12-18-24-30(5)6/h28-30H,7-27H2,1-6H3. The van der Waals surface area contributed by atoms with Gasteiger partial charge in [-0.1, -0.05) is 138 Å². The third-order valence-electron chi connectivity index (χ3n) is 6.77. The first-order valence-electron chi connectivity index (χ1n) is 14.6. The van der Waals surface area contributed by atoms with Gasteiger partial charge in [0.25, 0.3) is 0 Å². The second-order valence-corrected chi connectivity index (χ2v) is 14.4. The Bertz CT molecular complexity index is 281. The molecule has 188 valence electrons. The van der Waals surface area contributed by atoms with Crippen molar-refractivity contribution in [2.24, 2.45) is 17.8 Å². The molecule has 0 aromatic heterocycles. The molecule has 0 radical (unpaired) electrons. The van der Waals surface area contributed by atoms with Crippen LogP contribution in [0.2, 0.25) is 0 Å². The summed E-state index contributed by atoms with van der Waals surface area (Å²) < 4.78 is 0. The van der Waals surface area contributed by atoms with Crippen molar-refractivity contribution < 1.29 is 0 Å². The third kappa shape index (κ3) is 26.6. The SMILES string of the molecule is CC(C)CCCCCCCP(CCCCCCCC(C)C)CCCCCCCC(C)C. The zero-order valence-electron chi connectivity index (χ0n) is 23.0. The van der Waals surface area contributed by atoms with Crippen LogP contribution in [0.15, 0.2) is 0 Å². The molecule has 1 heteroatoms. The van der Waals surface area contributed by atoms with Crippen LogP contribution in [-0.4, -0.2) is 18.5 Å².